The Morgan fingerprint density at radius 1 is 1.38 bits per heavy atom. The van der Waals surface area contributed by atoms with Crippen LogP contribution in [-0.2, 0) is 16.0 Å². The molecule has 1 aliphatic rings. The highest BCUT2D eigenvalue weighted by molar-refractivity contribution is 7.17. The Morgan fingerprint density at radius 3 is 3.08 bits per heavy atom. The van der Waals surface area contributed by atoms with Crippen LogP contribution in [0.3, 0.4) is 0 Å². The first-order valence-corrected chi connectivity index (χ1v) is 8.81. The van der Waals surface area contributed by atoms with E-state index in [0.717, 1.165) is 6.42 Å². The monoisotopic (exact) mass is 348 g/mol. The molecule has 0 bridgehead atoms. The summed E-state index contributed by atoms with van der Waals surface area (Å²) in [6, 6.07) is 8.28. The van der Waals surface area contributed by atoms with E-state index < -0.39 is 6.09 Å². The average molecular weight is 348 g/mol. The molecule has 1 aromatic carbocycles. The number of likely N-dealkylation sites (tertiary alicyclic amines) is 1. The Hall–Kier alpha value is -2.12. The fourth-order valence-electron chi connectivity index (χ4n) is 2.89. The highest BCUT2D eigenvalue weighted by Gasteiger charge is 2.26. The quantitative estimate of drug-likeness (QED) is 0.786. The van der Waals surface area contributed by atoms with E-state index in [-0.39, 0.29) is 18.6 Å². The topological polar surface area (TPSA) is 78.9 Å². The van der Waals surface area contributed by atoms with Crippen molar-refractivity contribution in [2.24, 2.45) is 0 Å². The molecule has 0 radical (unpaired) electrons. The van der Waals surface area contributed by atoms with Crippen molar-refractivity contribution < 1.29 is 19.4 Å². The molecule has 2 N–H and O–H groups in total. The van der Waals surface area contributed by atoms with Gasteiger partial charge in [0, 0.05) is 17.8 Å². The van der Waals surface area contributed by atoms with Gasteiger partial charge in [0.15, 0.2) is 0 Å². The highest BCUT2D eigenvalue weighted by atomic mass is 32.1. The summed E-state index contributed by atoms with van der Waals surface area (Å²) in [5.74, 6) is -0.0852. The molecule has 24 heavy (non-hydrogen) atoms. The van der Waals surface area contributed by atoms with Gasteiger partial charge in [0.1, 0.15) is 6.61 Å². The van der Waals surface area contributed by atoms with Gasteiger partial charge in [-0.1, -0.05) is 12.1 Å². The van der Waals surface area contributed by atoms with Gasteiger partial charge in [-0.05, 0) is 41.3 Å². The summed E-state index contributed by atoms with van der Waals surface area (Å²) in [7, 11) is 0. The van der Waals surface area contributed by atoms with E-state index in [0.29, 0.717) is 26.1 Å². The number of carbonyl (C=O) groups is 2. The van der Waals surface area contributed by atoms with Crippen LogP contribution in [0.25, 0.3) is 10.1 Å². The molecule has 1 unspecified atom stereocenters. The molecule has 1 fully saturated rings. The molecule has 1 aliphatic heterocycles. The number of nitrogens with one attached hydrogen (secondary N) is 1. The number of benzene rings is 1. The largest absolute Gasteiger partial charge is 0.465 e. The lowest BCUT2D eigenvalue weighted by molar-refractivity contribution is -0.135. The van der Waals surface area contributed by atoms with Gasteiger partial charge in [-0.25, -0.2) is 4.79 Å². The van der Waals surface area contributed by atoms with Gasteiger partial charge in [-0.3, -0.25) is 4.79 Å². The van der Waals surface area contributed by atoms with E-state index in [1.54, 1.807) is 16.2 Å². The Balaban J connectivity index is 1.38. The van der Waals surface area contributed by atoms with Gasteiger partial charge in [0.2, 0.25) is 5.91 Å². The first-order valence-electron chi connectivity index (χ1n) is 7.93. The summed E-state index contributed by atoms with van der Waals surface area (Å²) in [5.41, 5.74) is 1.19. The maximum absolute atomic E-state index is 12.1. The van der Waals surface area contributed by atoms with Crippen molar-refractivity contribution in [2.75, 3.05) is 26.3 Å². The first-order chi connectivity index (χ1) is 11.6. The third-order valence-corrected chi connectivity index (χ3v) is 5.04. The molecule has 1 aromatic heterocycles. The molecule has 0 spiro atoms. The van der Waals surface area contributed by atoms with Crippen LogP contribution in [0.15, 0.2) is 29.6 Å². The molecule has 2 amide bonds. The number of hydrogen-bond acceptors (Lipinski definition) is 4. The van der Waals surface area contributed by atoms with E-state index in [9.17, 15) is 9.59 Å². The number of rotatable bonds is 6. The summed E-state index contributed by atoms with van der Waals surface area (Å²) >= 11 is 1.72. The maximum atomic E-state index is 12.1. The van der Waals surface area contributed by atoms with Crippen LogP contribution in [0.5, 0.6) is 0 Å². The molecule has 128 valence electrons. The standard InChI is InChI=1S/C17H20N2O4S/c20-16(19-6-3-14(10-19)18-17(21)22)11-23-7-4-12-1-2-15-13(9-12)5-8-24-15/h1-2,5,8-9,14,18H,3-4,6-7,10-11H2,(H,21,22). The van der Waals surface area contributed by atoms with E-state index in [2.05, 4.69) is 35.0 Å². The van der Waals surface area contributed by atoms with Crippen LogP contribution in [-0.4, -0.2) is 54.4 Å². The fourth-order valence-corrected chi connectivity index (χ4v) is 3.66. The second-order valence-corrected chi connectivity index (χ2v) is 6.82. The van der Waals surface area contributed by atoms with Crippen molar-refractivity contribution in [3.05, 3.63) is 35.2 Å². The second kappa shape index (κ2) is 7.63. The number of carboxylic acid groups (broad SMARTS) is 1. The van der Waals surface area contributed by atoms with Crippen molar-refractivity contribution in [2.45, 2.75) is 18.9 Å². The van der Waals surface area contributed by atoms with Crippen LogP contribution in [0, 0.1) is 0 Å². The molecule has 0 aliphatic carbocycles. The van der Waals surface area contributed by atoms with Crippen molar-refractivity contribution in [1.29, 1.82) is 0 Å². The number of nitrogens with zero attached hydrogens (tertiary/aromatic N) is 1. The lowest BCUT2D eigenvalue weighted by Crippen LogP contribution is -2.38. The third kappa shape index (κ3) is 4.24. The van der Waals surface area contributed by atoms with Gasteiger partial charge in [-0.2, -0.15) is 0 Å². The third-order valence-electron chi connectivity index (χ3n) is 4.15. The summed E-state index contributed by atoms with van der Waals surface area (Å²) in [5, 5.41) is 14.4. The van der Waals surface area contributed by atoms with Crippen LogP contribution in [0.4, 0.5) is 4.79 Å². The van der Waals surface area contributed by atoms with Crippen LogP contribution < -0.4 is 5.32 Å². The van der Waals surface area contributed by atoms with Crippen molar-refractivity contribution >= 4 is 33.4 Å². The number of carbonyl (C=O) groups excluding carboxylic acids is 1. The molecule has 6 nitrogen and oxygen atoms in total. The van der Waals surface area contributed by atoms with Gasteiger partial charge in [0.05, 0.1) is 12.6 Å². The molecule has 2 aromatic rings. The van der Waals surface area contributed by atoms with Crippen molar-refractivity contribution in [3.8, 4) is 0 Å². The molecular weight excluding hydrogens is 328 g/mol. The summed E-state index contributed by atoms with van der Waals surface area (Å²) in [6.07, 6.45) is 0.370. The minimum atomic E-state index is -1.05. The number of hydrogen-bond donors (Lipinski definition) is 2. The summed E-state index contributed by atoms with van der Waals surface area (Å²) in [4.78, 5) is 24.3. The number of ether oxygens (including phenoxy) is 1. The summed E-state index contributed by atoms with van der Waals surface area (Å²) in [6.45, 7) is 1.53. The predicted molar refractivity (Wildman–Crippen MR) is 92.5 cm³/mol. The smallest absolute Gasteiger partial charge is 0.404 e. The Kier molecular flexibility index (Phi) is 5.32. The Labute approximate surface area is 144 Å². The fraction of sp³-hybridized carbons (Fsp3) is 0.412. The van der Waals surface area contributed by atoms with Gasteiger partial charge in [0.25, 0.3) is 0 Å². The zero-order valence-electron chi connectivity index (χ0n) is 13.2. The van der Waals surface area contributed by atoms with E-state index >= 15 is 0 Å². The van der Waals surface area contributed by atoms with E-state index in [1.807, 2.05) is 0 Å². The molecule has 7 heteroatoms. The van der Waals surface area contributed by atoms with Crippen molar-refractivity contribution in [3.63, 3.8) is 0 Å². The van der Waals surface area contributed by atoms with Gasteiger partial charge < -0.3 is 20.1 Å². The van der Waals surface area contributed by atoms with Crippen LogP contribution in [0.1, 0.15) is 12.0 Å². The van der Waals surface area contributed by atoms with E-state index in [1.165, 1.54) is 15.6 Å². The summed E-state index contributed by atoms with van der Waals surface area (Å²) < 4.78 is 6.77. The molecule has 2 heterocycles. The highest BCUT2D eigenvalue weighted by Crippen LogP contribution is 2.21. The first kappa shape index (κ1) is 16.7. The van der Waals surface area contributed by atoms with Gasteiger partial charge >= 0.3 is 6.09 Å². The molecule has 3 rings (SSSR count). The average Bonchev–Trinajstić information content (AvgIpc) is 3.19. The maximum Gasteiger partial charge on any atom is 0.404 e. The van der Waals surface area contributed by atoms with Crippen LogP contribution >= 0.6 is 11.3 Å². The lowest BCUT2D eigenvalue weighted by Gasteiger charge is -2.16. The normalized spacial score (nSPS) is 17.3. The SMILES string of the molecule is O=C(O)NC1CCN(C(=O)COCCc2ccc3sccc3c2)C1. The minimum Gasteiger partial charge on any atom is -0.465 e. The zero-order chi connectivity index (χ0) is 16.9. The predicted octanol–water partition coefficient (Wildman–Crippen LogP) is 2.33. The molecule has 0 saturated carbocycles. The number of thiophene rings is 1. The molecule has 1 atom stereocenters. The molecular formula is C17H20N2O4S. The van der Waals surface area contributed by atoms with Gasteiger partial charge in [-0.15, -0.1) is 11.3 Å². The molecule has 1 saturated heterocycles. The second-order valence-electron chi connectivity index (χ2n) is 5.87. The van der Waals surface area contributed by atoms with Crippen LogP contribution in [0.2, 0.25) is 0 Å². The lowest BCUT2D eigenvalue weighted by atomic mass is 10.1. The van der Waals surface area contributed by atoms with Crippen molar-refractivity contribution in [1.82, 2.24) is 10.2 Å². The number of fused-ring (bicyclic) bond motifs is 1. The minimum absolute atomic E-state index is 0.0421. The van der Waals surface area contributed by atoms with E-state index in [4.69, 9.17) is 9.84 Å². The Bertz CT molecular complexity index is 730. The number of amides is 2. The Morgan fingerprint density at radius 2 is 2.25 bits per heavy atom. The zero-order valence-corrected chi connectivity index (χ0v) is 14.1.